The average molecular weight is 235 g/mol. The predicted octanol–water partition coefficient (Wildman–Crippen LogP) is 3.22. The summed E-state index contributed by atoms with van der Waals surface area (Å²) in [6.07, 6.45) is 0.698. The van der Waals surface area contributed by atoms with Crippen LogP contribution < -0.4 is 5.32 Å². The van der Waals surface area contributed by atoms with E-state index in [1.165, 1.54) is 0 Å². The van der Waals surface area contributed by atoms with Crippen molar-refractivity contribution >= 4 is 11.7 Å². The average Bonchev–Trinajstić information content (AvgIpc) is 2.24. The fourth-order valence-corrected chi connectivity index (χ4v) is 1.44. The van der Waals surface area contributed by atoms with Gasteiger partial charge in [0.25, 0.3) is 0 Å². The third-order valence-electron chi connectivity index (χ3n) is 2.21. The van der Waals surface area contributed by atoms with Gasteiger partial charge in [0.05, 0.1) is 0 Å². The van der Waals surface area contributed by atoms with Crippen LogP contribution in [0.2, 0.25) is 0 Å². The van der Waals surface area contributed by atoms with Crippen LogP contribution in [-0.2, 0) is 9.53 Å². The second kappa shape index (κ2) is 5.71. The fraction of sp³-hybridized carbons (Fsp3) is 0.500. The van der Waals surface area contributed by atoms with Crippen LogP contribution in [0.5, 0.6) is 0 Å². The van der Waals surface area contributed by atoms with Crippen molar-refractivity contribution in [3.63, 3.8) is 0 Å². The maximum atomic E-state index is 11.9. The van der Waals surface area contributed by atoms with E-state index < -0.39 is 5.60 Å². The molecule has 0 amide bonds. The molecule has 0 radical (unpaired) electrons. The monoisotopic (exact) mass is 235 g/mol. The minimum atomic E-state index is -0.442. The van der Waals surface area contributed by atoms with Crippen LogP contribution in [0.15, 0.2) is 30.3 Å². The normalized spacial score (nSPS) is 12.9. The lowest BCUT2D eigenvalue weighted by Gasteiger charge is -2.24. The summed E-state index contributed by atoms with van der Waals surface area (Å²) in [5, 5.41) is 3.18. The van der Waals surface area contributed by atoms with E-state index in [2.05, 4.69) is 5.32 Å². The maximum Gasteiger partial charge on any atom is 0.329 e. The number of para-hydroxylation sites is 1. The highest BCUT2D eigenvalue weighted by molar-refractivity contribution is 5.79. The standard InChI is InChI=1S/C14H21NO2/c1-5-12(13(16)17-14(2,3)4)15-11-9-7-6-8-10-11/h6-10,12,15H,5H2,1-4H3. The lowest BCUT2D eigenvalue weighted by atomic mass is 10.1. The Morgan fingerprint density at radius 1 is 1.29 bits per heavy atom. The molecule has 0 bridgehead atoms. The molecule has 0 aliphatic rings. The molecule has 1 aromatic rings. The van der Waals surface area contributed by atoms with Crippen LogP contribution >= 0.6 is 0 Å². The Balaban J connectivity index is 2.63. The quantitative estimate of drug-likeness (QED) is 0.814. The summed E-state index contributed by atoms with van der Waals surface area (Å²) in [6, 6.07) is 9.39. The number of ether oxygens (including phenoxy) is 1. The lowest BCUT2D eigenvalue weighted by Crippen LogP contribution is -2.36. The van der Waals surface area contributed by atoms with Gasteiger partial charge in [-0.05, 0) is 39.3 Å². The summed E-state index contributed by atoms with van der Waals surface area (Å²) in [5.74, 6) is -0.205. The van der Waals surface area contributed by atoms with Gasteiger partial charge in [0.1, 0.15) is 11.6 Å². The first-order valence-electron chi connectivity index (χ1n) is 5.97. The predicted molar refractivity (Wildman–Crippen MR) is 70.0 cm³/mol. The van der Waals surface area contributed by atoms with Gasteiger partial charge in [-0.1, -0.05) is 25.1 Å². The van der Waals surface area contributed by atoms with Crippen molar-refractivity contribution in [3.05, 3.63) is 30.3 Å². The Labute approximate surface area is 103 Å². The van der Waals surface area contributed by atoms with Crippen molar-refractivity contribution < 1.29 is 9.53 Å². The Morgan fingerprint density at radius 3 is 2.35 bits per heavy atom. The Bertz CT molecular complexity index is 354. The molecule has 1 aromatic carbocycles. The number of carbonyl (C=O) groups is 1. The Morgan fingerprint density at radius 2 is 1.88 bits per heavy atom. The second-order valence-electron chi connectivity index (χ2n) is 5.00. The number of anilines is 1. The third-order valence-corrected chi connectivity index (χ3v) is 2.21. The zero-order chi connectivity index (χ0) is 12.9. The third kappa shape index (κ3) is 4.89. The van der Waals surface area contributed by atoms with Crippen LogP contribution in [0, 0.1) is 0 Å². The first kappa shape index (κ1) is 13.6. The fourth-order valence-electron chi connectivity index (χ4n) is 1.44. The highest BCUT2D eigenvalue weighted by atomic mass is 16.6. The molecule has 0 heterocycles. The van der Waals surface area contributed by atoms with E-state index >= 15 is 0 Å². The molecule has 1 unspecified atom stereocenters. The molecule has 0 aliphatic carbocycles. The van der Waals surface area contributed by atoms with Crippen molar-refractivity contribution in [3.8, 4) is 0 Å². The summed E-state index contributed by atoms with van der Waals surface area (Å²) >= 11 is 0. The molecule has 0 aliphatic heterocycles. The van der Waals surface area contributed by atoms with Gasteiger partial charge in [0, 0.05) is 5.69 Å². The van der Waals surface area contributed by atoms with Crippen molar-refractivity contribution in [1.82, 2.24) is 0 Å². The number of carbonyl (C=O) groups excluding carboxylic acids is 1. The largest absolute Gasteiger partial charge is 0.458 e. The lowest BCUT2D eigenvalue weighted by molar-refractivity contribution is -0.155. The molecule has 3 heteroatoms. The van der Waals surface area contributed by atoms with Gasteiger partial charge in [-0.3, -0.25) is 0 Å². The maximum absolute atomic E-state index is 11.9. The zero-order valence-electron chi connectivity index (χ0n) is 11.0. The summed E-state index contributed by atoms with van der Waals surface area (Å²) in [5.41, 5.74) is 0.494. The Kier molecular flexibility index (Phi) is 4.55. The smallest absolute Gasteiger partial charge is 0.329 e. The van der Waals surface area contributed by atoms with Gasteiger partial charge >= 0.3 is 5.97 Å². The molecular formula is C14H21NO2. The molecule has 1 atom stereocenters. The van der Waals surface area contributed by atoms with Crippen molar-refractivity contribution in [1.29, 1.82) is 0 Å². The van der Waals surface area contributed by atoms with Crippen LogP contribution in [-0.4, -0.2) is 17.6 Å². The number of hydrogen-bond acceptors (Lipinski definition) is 3. The van der Waals surface area contributed by atoms with E-state index in [0.29, 0.717) is 6.42 Å². The molecule has 17 heavy (non-hydrogen) atoms. The summed E-state index contributed by atoms with van der Waals surface area (Å²) < 4.78 is 5.36. The number of esters is 1. The van der Waals surface area contributed by atoms with E-state index in [0.717, 1.165) is 5.69 Å². The van der Waals surface area contributed by atoms with Crippen LogP contribution in [0.25, 0.3) is 0 Å². The van der Waals surface area contributed by atoms with Gasteiger partial charge in [-0.25, -0.2) is 4.79 Å². The summed E-state index contributed by atoms with van der Waals surface area (Å²) in [7, 11) is 0. The minimum Gasteiger partial charge on any atom is -0.458 e. The van der Waals surface area contributed by atoms with Crippen LogP contribution in [0.3, 0.4) is 0 Å². The first-order chi connectivity index (χ1) is 7.92. The topological polar surface area (TPSA) is 38.3 Å². The molecular weight excluding hydrogens is 214 g/mol. The van der Waals surface area contributed by atoms with Crippen LogP contribution in [0.1, 0.15) is 34.1 Å². The van der Waals surface area contributed by atoms with Gasteiger partial charge < -0.3 is 10.1 Å². The molecule has 1 rings (SSSR count). The highest BCUT2D eigenvalue weighted by Gasteiger charge is 2.23. The van der Waals surface area contributed by atoms with Crippen LogP contribution in [0.4, 0.5) is 5.69 Å². The van der Waals surface area contributed by atoms with Crippen molar-refractivity contribution in [2.45, 2.75) is 45.8 Å². The number of hydrogen-bond donors (Lipinski definition) is 1. The molecule has 3 nitrogen and oxygen atoms in total. The van der Waals surface area contributed by atoms with Gasteiger partial charge in [-0.2, -0.15) is 0 Å². The van der Waals surface area contributed by atoms with Gasteiger partial charge in [0.2, 0.25) is 0 Å². The molecule has 0 saturated heterocycles. The Hall–Kier alpha value is -1.51. The van der Waals surface area contributed by atoms with Crippen molar-refractivity contribution in [2.24, 2.45) is 0 Å². The van der Waals surface area contributed by atoms with E-state index in [-0.39, 0.29) is 12.0 Å². The second-order valence-corrected chi connectivity index (χ2v) is 5.00. The van der Waals surface area contributed by atoms with E-state index in [4.69, 9.17) is 4.74 Å². The summed E-state index contributed by atoms with van der Waals surface area (Å²) in [6.45, 7) is 7.59. The molecule has 1 N–H and O–H groups in total. The van der Waals surface area contributed by atoms with Crippen molar-refractivity contribution in [2.75, 3.05) is 5.32 Å². The van der Waals surface area contributed by atoms with Gasteiger partial charge in [-0.15, -0.1) is 0 Å². The molecule has 0 spiro atoms. The first-order valence-corrected chi connectivity index (χ1v) is 5.97. The summed E-state index contributed by atoms with van der Waals surface area (Å²) in [4.78, 5) is 11.9. The molecule has 94 valence electrons. The SMILES string of the molecule is CCC(Nc1ccccc1)C(=O)OC(C)(C)C. The number of nitrogens with one attached hydrogen (secondary N) is 1. The zero-order valence-corrected chi connectivity index (χ0v) is 11.0. The highest BCUT2D eigenvalue weighted by Crippen LogP contribution is 2.13. The van der Waals surface area contributed by atoms with E-state index in [9.17, 15) is 4.79 Å². The number of benzene rings is 1. The number of rotatable bonds is 4. The van der Waals surface area contributed by atoms with E-state index in [1.54, 1.807) is 0 Å². The minimum absolute atomic E-state index is 0.205. The molecule has 0 saturated carbocycles. The molecule has 0 aromatic heterocycles. The molecule has 0 fully saturated rings. The van der Waals surface area contributed by atoms with Gasteiger partial charge in [0.15, 0.2) is 0 Å². The van der Waals surface area contributed by atoms with E-state index in [1.807, 2.05) is 58.0 Å².